The van der Waals surface area contributed by atoms with Crippen molar-refractivity contribution in [3.63, 3.8) is 0 Å². The van der Waals surface area contributed by atoms with Crippen LogP contribution in [0.5, 0.6) is 0 Å². The molecule has 132 valence electrons. The SMILES string of the molecule is Cc1cccc([N+](=O)[O-])c1C(=O)OCc1cc(=O)n2cc(Cl)ccc2n1. The first-order chi connectivity index (χ1) is 12.4. The van der Waals surface area contributed by atoms with Crippen LogP contribution in [0.1, 0.15) is 21.6 Å². The molecule has 0 radical (unpaired) electrons. The third-order valence-electron chi connectivity index (χ3n) is 3.68. The van der Waals surface area contributed by atoms with Crippen LogP contribution in [-0.4, -0.2) is 20.3 Å². The molecular formula is C17H12ClN3O5. The van der Waals surface area contributed by atoms with E-state index in [4.69, 9.17) is 16.3 Å². The normalized spacial score (nSPS) is 10.7. The first-order valence-corrected chi connectivity index (χ1v) is 7.83. The molecule has 0 aliphatic rings. The molecule has 0 N–H and O–H groups in total. The number of rotatable bonds is 4. The highest BCUT2D eigenvalue weighted by Crippen LogP contribution is 2.23. The number of nitro groups is 1. The summed E-state index contributed by atoms with van der Waals surface area (Å²) in [6.45, 7) is 1.28. The number of aromatic nitrogens is 2. The van der Waals surface area contributed by atoms with E-state index in [0.29, 0.717) is 16.2 Å². The Hall–Kier alpha value is -3.26. The van der Waals surface area contributed by atoms with Gasteiger partial charge in [0, 0.05) is 18.3 Å². The average Bonchev–Trinajstić information content (AvgIpc) is 2.60. The lowest BCUT2D eigenvalue weighted by Gasteiger charge is -2.08. The topological polar surface area (TPSA) is 104 Å². The second-order valence-electron chi connectivity index (χ2n) is 5.46. The van der Waals surface area contributed by atoms with Crippen LogP contribution in [0.15, 0.2) is 47.4 Å². The van der Waals surface area contributed by atoms with Gasteiger partial charge < -0.3 is 4.74 Å². The first kappa shape index (κ1) is 17.6. The Kier molecular flexibility index (Phi) is 4.68. The first-order valence-electron chi connectivity index (χ1n) is 7.46. The number of halogens is 1. The third kappa shape index (κ3) is 3.40. The Labute approximate surface area is 151 Å². The van der Waals surface area contributed by atoms with Crippen molar-refractivity contribution in [3.8, 4) is 0 Å². The lowest BCUT2D eigenvalue weighted by molar-refractivity contribution is -0.385. The van der Waals surface area contributed by atoms with Crippen molar-refractivity contribution in [3.05, 3.63) is 84.9 Å². The highest BCUT2D eigenvalue weighted by molar-refractivity contribution is 6.30. The van der Waals surface area contributed by atoms with E-state index in [0.717, 1.165) is 0 Å². The van der Waals surface area contributed by atoms with Gasteiger partial charge in [0.05, 0.1) is 15.6 Å². The number of carbonyl (C=O) groups is 1. The van der Waals surface area contributed by atoms with Gasteiger partial charge in [-0.15, -0.1) is 0 Å². The van der Waals surface area contributed by atoms with E-state index in [1.807, 2.05) is 0 Å². The van der Waals surface area contributed by atoms with Gasteiger partial charge in [-0.3, -0.25) is 19.3 Å². The van der Waals surface area contributed by atoms with Crippen LogP contribution in [0.25, 0.3) is 5.65 Å². The number of benzene rings is 1. The van der Waals surface area contributed by atoms with Gasteiger partial charge in [-0.05, 0) is 24.6 Å². The van der Waals surface area contributed by atoms with E-state index < -0.39 is 10.9 Å². The summed E-state index contributed by atoms with van der Waals surface area (Å²) < 4.78 is 6.40. The molecule has 0 saturated carbocycles. The smallest absolute Gasteiger partial charge is 0.345 e. The van der Waals surface area contributed by atoms with E-state index in [9.17, 15) is 19.7 Å². The van der Waals surface area contributed by atoms with E-state index >= 15 is 0 Å². The molecule has 8 nitrogen and oxygen atoms in total. The van der Waals surface area contributed by atoms with Crippen molar-refractivity contribution in [2.45, 2.75) is 13.5 Å². The molecule has 2 heterocycles. The quantitative estimate of drug-likeness (QED) is 0.395. The summed E-state index contributed by atoms with van der Waals surface area (Å²) in [5, 5.41) is 11.5. The van der Waals surface area contributed by atoms with Gasteiger partial charge in [0.2, 0.25) is 0 Å². The lowest BCUT2D eigenvalue weighted by Crippen LogP contribution is -2.17. The maximum absolute atomic E-state index is 12.3. The standard InChI is InChI=1S/C17H12ClN3O5/c1-10-3-2-4-13(21(24)25)16(10)17(23)26-9-12-7-15(22)20-8-11(18)5-6-14(20)19-12/h2-8H,9H2,1H3. The minimum absolute atomic E-state index is 0.123. The van der Waals surface area contributed by atoms with Crippen LogP contribution < -0.4 is 5.56 Å². The second kappa shape index (κ2) is 6.93. The summed E-state index contributed by atoms with van der Waals surface area (Å²) in [6, 6.07) is 8.64. The number of ether oxygens (including phenoxy) is 1. The molecule has 1 aromatic carbocycles. The summed E-state index contributed by atoms with van der Waals surface area (Å²) in [5.41, 5.74) is 0.144. The number of hydrogen-bond donors (Lipinski definition) is 0. The number of nitro benzene ring substituents is 1. The molecule has 26 heavy (non-hydrogen) atoms. The lowest BCUT2D eigenvalue weighted by atomic mass is 10.1. The molecule has 3 rings (SSSR count). The summed E-state index contributed by atoms with van der Waals surface area (Å²) in [5.74, 6) is -0.854. The number of fused-ring (bicyclic) bond motifs is 1. The van der Waals surface area contributed by atoms with E-state index in [2.05, 4.69) is 4.98 Å². The predicted molar refractivity (Wildman–Crippen MR) is 93.4 cm³/mol. The van der Waals surface area contributed by atoms with Gasteiger partial charge in [0.1, 0.15) is 17.8 Å². The maximum Gasteiger partial charge on any atom is 0.345 e. The zero-order valence-corrected chi connectivity index (χ0v) is 14.3. The van der Waals surface area contributed by atoms with Crippen LogP contribution in [-0.2, 0) is 11.3 Å². The number of esters is 1. The van der Waals surface area contributed by atoms with Gasteiger partial charge >= 0.3 is 5.97 Å². The van der Waals surface area contributed by atoms with Crippen molar-refractivity contribution in [1.29, 1.82) is 0 Å². The maximum atomic E-state index is 12.3. The molecule has 0 amide bonds. The zero-order chi connectivity index (χ0) is 18.8. The van der Waals surface area contributed by atoms with Crippen molar-refractivity contribution < 1.29 is 14.5 Å². The van der Waals surface area contributed by atoms with E-state index in [1.165, 1.54) is 28.8 Å². The molecule has 0 unspecified atom stereocenters. The fourth-order valence-electron chi connectivity index (χ4n) is 2.48. The Bertz CT molecular complexity index is 1090. The molecule has 0 fully saturated rings. The zero-order valence-electron chi connectivity index (χ0n) is 13.5. The fraction of sp³-hybridized carbons (Fsp3) is 0.118. The molecule has 3 aromatic rings. The molecule has 9 heteroatoms. The summed E-state index contributed by atoms with van der Waals surface area (Å²) in [7, 11) is 0. The van der Waals surface area contributed by atoms with Crippen molar-refractivity contribution in [2.24, 2.45) is 0 Å². The number of nitrogens with zero attached hydrogens (tertiary/aromatic N) is 3. The Morgan fingerprint density at radius 1 is 1.35 bits per heavy atom. The summed E-state index contributed by atoms with van der Waals surface area (Å²) in [6.07, 6.45) is 1.43. The number of hydrogen-bond acceptors (Lipinski definition) is 6. The van der Waals surface area contributed by atoms with Gasteiger partial charge in [-0.25, -0.2) is 9.78 Å². The third-order valence-corrected chi connectivity index (χ3v) is 3.90. The molecule has 0 aliphatic carbocycles. The van der Waals surface area contributed by atoms with Gasteiger partial charge in [-0.1, -0.05) is 23.7 Å². The fourth-order valence-corrected chi connectivity index (χ4v) is 2.64. The average molecular weight is 374 g/mol. The van der Waals surface area contributed by atoms with Crippen molar-refractivity contribution >= 4 is 28.9 Å². The molecule has 0 aliphatic heterocycles. The minimum Gasteiger partial charge on any atom is -0.455 e. The van der Waals surface area contributed by atoms with Gasteiger partial charge in [0.25, 0.3) is 11.2 Å². The predicted octanol–water partition coefficient (Wildman–Crippen LogP) is 2.92. The van der Waals surface area contributed by atoms with E-state index in [-0.39, 0.29) is 29.1 Å². The molecule has 0 saturated heterocycles. The molecule has 0 atom stereocenters. The molecule has 0 spiro atoms. The van der Waals surface area contributed by atoms with Crippen molar-refractivity contribution in [2.75, 3.05) is 0 Å². The van der Waals surface area contributed by atoms with Gasteiger partial charge in [-0.2, -0.15) is 0 Å². The monoisotopic (exact) mass is 373 g/mol. The largest absolute Gasteiger partial charge is 0.455 e. The van der Waals surface area contributed by atoms with Crippen LogP contribution in [0.2, 0.25) is 5.02 Å². The highest BCUT2D eigenvalue weighted by Gasteiger charge is 2.23. The Balaban J connectivity index is 1.87. The van der Waals surface area contributed by atoms with Crippen LogP contribution in [0, 0.1) is 17.0 Å². The second-order valence-corrected chi connectivity index (χ2v) is 5.90. The number of aryl methyl sites for hydroxylation is 1. The molecular weight excluding hydrogens is 362 g/mol. The highest BCUT2D eigenvalue weighted by atomic mass is 35.5. The van der Waals surface area contributed by atoms with E-state index in [1.54, 1.807) is 25.1 Å². The molecule has 0 bridgehead atoms. The number of carbonyl (C=O) groups excluding carboxylic acids is 1. The summed E-state index contributed by atoms with van der Waals surface area (Å²) in [4.78, 5) is 39.1. The minimum atomic E-state index is -0.854. The number of pyridine rings is 1. The van der Waals surface area contributed by atoms with Gasteiger partial charge in [0.15, 0.2) is 0 Å². The van der Waals surface area contributed by atoms with Crippen LogP contribution >= 0.6 is 11.6 Å². The Morgan fingerprint density at radius 2 is 2.12 bits per heavy atom. The Morgan fingerprint density at radius 3 is 2.85 bits per heavy atom. The van der Waals surface area contributed by atoms with Crippen LogP contribution in [0.3, 0.4) is 0 Å². The van der Waals surface area contributed by atoms with Crippen LogP contribution in [0.4, 0.5) is 5.69 Å². The summed E-state index contributed by atoms with van der Waals surface area (Å²) >= 11 is 5.84. The van der Waals surface area contributed by atoms with Crippen molar-refractivity contribution in [1.82, 2.24) is 9.38 Å². The molecule has 2 aromatic heterocycles.